The number of hydrogen-bond donors (Lipinski definition) is 1. The highest BCUT2D eigenvalue weighted by Gasteiger charge is 2.34. The minimum atomic E-state index is 0.538. The van der Waals surface area contributed by atoms with Gasteiger partial charge in [0.25, 0.3) is 0 Å². The van der Waals surface area contributed by atoms with Gasteiger partial charge in [-0.05, 0) is 49.2 Å². The van der Waals surface area contributed by atoms with Crippen LogP contribution in [0.4, 0.5) is 0 Å². The molecule has 134 valence electrons. The summed E-state index contributed by atoms with van der Waals surface area (Å²) >= 11 is 0. The molecule has 25 heavy (non-hydrogen) atoms. The summed E-state index contributed by atoms with van der Waals surface area (Å²) in [6, 6.07) is 11.3. The molecule has 1 N–H and O–H groups in total. The van der Waals surface area contributed by atoms with Gasteiger partial charge in [0.2, 0.25) is 0 Å². The third-order valence-corrected chi connectivity index (χ3v) is 6.45. The van der Waals surface area contributed by atoms with Crippen LogP contribution in [0.3, 0.4) is 0 Å². The van der Waals surface area contributed by atoms with Crippen molar-refractivity contribution in [1.82, 2.24) is 5.32 Å². The van der Waals surface area contributed by atoms with Gasteiger partial charge in [-0.15, -0.1) is 0 Å². The van der Waals surface area contributed by atoms with Crippen LogP contribution in [-0.2, 0) is 0 Å². The highest BCUT2D eigenvalue weighted by molar-refractivity contribution is 6.09. The zero-order chi connectivity index (χ0) is 16.9. The smallest absolute Gasteiger partial charge is 0.0667 e. The number of benzene rings is 1. The van der Waals surface area contributed by atoms with Gasteiger partial charge < -0.3 is 5.32 Å². The molecule has 2 unspecified atom stereocenters. The molecule has 2 saturated carbocycles. The van der Waals surface area contributed by atoms with E-state index in [9.17, 15) is 0 Å². The number of nitrogens with one attached hydrogen (secondary N) is 1. The molecular weight excluding hydrogens is 304 g/mol. The molecule has 2 atom stereocenters. The molecule has 0 aromatic heterocycles. The number of rotatable bonds is 4. The number of allylic oxidation sites excluding steroid dienone is 2. The third kappa shape index (κ3) is 4.16. The Bertz CT molecular complexity index is 602. The lowest BCUT2D eigenvalue weighted by Crippen LogP contribution is -2.25. The third-order valence-electron chi connectivity index (χ3n) is 6.45. The predicted molar refractivity (Wildman–Crippen MR) is 106 cm³/mol. The number of hydrogen-bond acceptors (Lipinski definition) is 2. The lowest BCUT2D eigenvalue weighted by Gasteiger charge is -2.30. The van der Waals surface area contributed by atoms with E-state index in [-0.39, 0.29) is 0 Å². The summed E-state index contributed by atoms with van der Waals surface area (Å²) in [5.41, 5.74) is 3.85. The molecular formula is C23H32N2. The van der Waals surface area contributed by atoms with Crippen LogP contribution in [0.15, 0.2) is 47.1 Å². The molecule has 2 aliphatic carbocycles. The van der Waals surface area contributed by atoms with Crippen molar-refractivity contribution in [3.05, 3.63) is 47.7 Å². The number of aliphatic imine (C=N–C) groups is 1. The second-order valence-electron chi connectivity index (χ2n) is 8.14. The van der Waals surface area contributed by atoms with E-state index in [1.807, 2.05) is 0 Å². The summed E-state index contributed by atoms with van der Waals surface area (Å²) in [6.07, 6.45) is 16.0. The zero-order valence-corrected chi connectivity index (χ0v) is 15.4. The van der Waals surface area contributed by atoms with Crippen molar-refractivity contribution in [2.75, 3.05) is 6.54 Å². The van der Waals surface area contributed by atoms with E-state index in [1.54, 1.807) is 0 Å². The molecule has 0 amide bonds. The van der Waals surface area contributed by atoms with E-state index in [0.29, 0.717) is 6.04 Å². The fourth-order valence-corrected chi connectivity index (χ4v) is 5.13. The lowest BCUT2D eigenvalue weighted by molar-refractivity contribution is 0.235. The molecule has 0 bridgehead atoms. The molecule has 1 aromatic carbocycles. The second-order valence-corrected chi connectivity index (χ2v) is 8.14. The van der Waals surface area contributed by atoms with Gasteiger partial charge >= 0.3 is 0 Å². The van der Waals surface area contributed by atoms with Gasteiger partial charge in [-0.2, -0.15) is 0 Å². The van der Waals surface area contributed by atoms with E-state index in [1.165, 1.54) is 81.2 Å². The lowest BCUT2D eigenvalue weighted by atomic mass is 9.78. The summed E-state index contributed by atoms with van der Waals surface area (Å²) in [7, 11) is 0. The Morgan fingerprint density at radius 1 is 0.920 bits per heavy atom. The topological polar surface area (TPSA) is 24.4 Å². The van der Waals surface area contributed by atoms with Crippen molar-refractivity contribution in [1.29, 1.82) is 0 Å². The summed E-state index contributed by atoms with van der Waals surface area (Å²) in [6.45, 7) is 1.11. The quantitative estimate of drug-likeness (QED) is 0.722. The Balaban J connectivity index is 1.60. The summed E-state index contributed by atoms with van der Waals surface area (Å²) in [5.74, 6) is 1.76. The van der Waals surface area contributed by atoms with Gasteiger partial charge in [-0.25, -0.2) is 0 Å². The standard InChI is InChI=1S/C23H32N2/c1-3-9-18(10-4-1)21-14-7-15-22(21)25-23(17-20-13-8-16-24-20)19-11-5-2-6-12-19/h2,5-6,11-12,17-18,21-22,24H,1,3-4,7-10,13-16H2. The van der Waals surface area contributed by atoms with E-state index in [4.69, 9.17) is 4.99 Å². The largest absolute Gasteiger partial charge is 0.388 e. The van der Waals surface area contributed by atoms with E-state index >= 15 is 0 Å². The van der Waals surface area contributed by atoms with E-state index in [0.717, 1.165) is 18.4 Å². The SMILES string of the molecule is C(=C1CCCN1)C(=NC1CCCC1C1CCCCC1)c1ccccc1. The Morgan fingerprint density at radius 2 is 1.76 bits per heavy atom. The fraction of sp³-hybridized carbons (Fsp3) is 0.609. The van der Waals surface area contributed by atoms with Gasteiger partial charge in [0.1, 0.15) is 0 Å². The minimum Gasteiger partial charge on any atom is -0.388 e. The maximum atomic E-state index is 5.37. The Kier molecular flexibility index (Phi) is 5.54. The molecule has 2 nitrogen and oxygen atoms in total. The zero-order valence-electron chi connectivity index (χ0n) is 15.4. The monoisotopic (exact) mass is 336 g/mol. The molecule has 0 radical (unpaired) electrons. The van der Waals surface area contributed by atoms with Gasteiger partial charge in [-0.3, -0.25) is 4.99 Å². The summed E-state index contributed by atoms with van der Waals surface area (Å²) in [5, 5.41) is 3.54. The molecule has 0 spiro atoms. The summed E-state index contributed by atoms with van der Waals surface area (Å²) < 4.78 is 0. The average Bonchev–Trinajstić information content (AvgIpc) is 3.35. The van der Waals surface area contributed by atoms with Crippen LogP contribution in [0.1, 0.15) is 69.8 Å². The average molecular weight is 337 g/mol. The van der Waals surface area contributed by atoms with Crippen molar-refractivity contribution >= 4 is 5.71 Å². The van der Waals surface area contributed by atoms with Crippen LogP contribution in [0.2, 0.25) is 0 Å². The van der Waals surface area contributed by atoms with Crippen molar-refractivity contribution in [2.24, 2.45) is 16.8 Å². The van der Waals surface area contributed by atoms with Crippen molar-refractivity contribution in [2.45, 2.75) is 70.3 Å². The van der Waals surface area contributed by atoms with Crippen molar-refractivity contribution < 1.29 is 0 Å². The van der Waals surface area contributed by atoms with Crippen LogP contribution in [-0.4, -0.2) is 18.3 Å². The molecule has 1 heterocycles. The Labute approximate surface area is 152 Å². The first-order valence-electron chi connectivity index (χ1n) is 10.5. The van der Waals surface area contributed by atoms with Crippen molar-refractivity contribution in [3.8, 4) is 0 Å². The fourth-order valence-electron chi connectivity index (χ4n) is 5.13. The molecule has 2 heteroatoms. The van der Waals surface area contributed by atoms with Crippen LogP contribution in [0.25, 0.3) is 0 Å². The van der Waals surface area contributed by atoms with Crippen LogP contribution in [0, 0.1) is 11.8 Å². The van der Waals surface area contributed by atoms with Gasteiger partial charge in [0.05, 0.1) is 11.8 Å². The Morgan fingerprint density at radius 3 is 2.52 bits per heavy atom. The normalized spacial score (nSPS) is 29.9. The maximum absolute atomic E-state index is 5.37. The molecule has 1 aliphatic heterocycles. The predicted octanol–water partition coefficient (Wildman–Crippen LogP) is 5.49. The first-order valence-corrected chi connectivity index (χ1v) is 10.5. The van der Waals surface area contributed by atoms with Crippen molar-refractivity contribution in [3.63, 3.8) is 0 Å². The number of nitrogens with zero attached hydrogens (tertiary/aromatic N) is 1. The van der Waals surface area contributed by atoms with Gasteiger partial charge in [-0.1, -0.05) is 68.9 Å². The maximum Gasteiger partial charge on any atom is 0.0667 e. The van der Waals surface area contributed by atoms with E-state index in [2.05, 4.69) is 41.7 Å². The first kappa shape index (κ1) is 16.9. The second kappa shape index (κ2) is 8.21. The van der Waals surface area contributed by atoms with Crippen LogP contribution < -0.4 is 5.32 Å². The molecule has 1 aromatic rings. The molecule has 3 fully saturated rings. The minimum absolute atomic E-state index is 0.538. The highest BCUT2D eigenvalue weighted by atomic mass is 14.9. The highest BCUT2D eigenvalue weighted by Crippen LogP contribution is 2.41. The van der Waals surface area contributed by atoms with Gasteiger partial charge in [0.15, 0.2) is 0 Å². The molecule has 3 aliphatic rings. The van der Waals surface area contributed by atoms with Gasteiger partial charge in [0, 0.05) is 12.2 Å². The Hall–Kier alpha value is -1.57. The molecule has 4 rings (SSSR count). The first-order chi connectivity index (χ1) is 12.4. The summed E-state index contributed by atoms with van der Waals surface area (Å²) in [4.78, 5) is 5.37. The van der Waals surface area contributed by atoms with Crippen LogP contribution in [0.5, 0.6) is 0 Å². The van der Waals surface area contributed by atoms with E-state index < -0.39 is 0 Å². The van der Waals surface area contributed by atoms with Crippen LogP contribution >= 0.6 is 0 Å². The molecule has 1 saturated heterocycles.